The molecular formula is C18H22N2O. The molecule has 1 atom stereocenters. The number of fused-ring (bicyclic) bond motifs is 1. The summed E-state index contributed by atoms with van der Waals surface area (Å²) in [4.78, 5) is 0. The van der Waals surface area contributed by atoms with Gasteiger partial charge in [0.1, 0.15) is 5.75 Å². The second-order valence-corrected chi connectivity index (χ2v) is 5.79. The number of para-hydroxylation sites is 1. The smallest absolute Gasteiger partial charge is 0.119 e. The zero-order valence-corrected chi connectivity index (χ0v) is 12.4. The van der Waals surface area contributed by atoms with Crippen molar-refractivity contribution in [3.05, 3.63) is 59.7 Å². The lowest BCUT2D eigenvalue weighted by Gasteiger charge is -2.39. The normalized spacial score (nSPS) is 20.7. The molecule has 21 heavy (non-hydrogen) atoms. The maximum atomic E-state index is 6.12. The van der Waals surface area contributed by atoms with Gasteiger partial charge in [-0.2, -0.15) is 0 Å². The molecule has 0 spiro atoms. The Labute approximate surface area is 126 Å². The van der Waals surface area contributed by atoms with Crippen LogP contribution >= 0.6 is 0 Å². The van der Waals surface area contributed by atoms with Gasteiger partial charge in [-0.05, 0) is 54.7 Å². The molecule has 0 heterocycles. The van der Waals surface area contributed by atoms with Crippen LogP contribution in [0.2, 0.25) is 0 Å². The topological polar surface area (TPSA) is 47.3 Å². The van der Waals surface area contributed by atoms with Crippen LogP contribution in [0.1, 0.15) is 17.5 Å². The summed E-state index contributed by atoms with van der Waals surface area (Å²) in [6.07, 6.45) is 3.04. The van der Waals surface area contributed by atoms with Gasteiger partial charge in [-0.25, -0.2) is 0 Å². The fourth-order valence-corrected chi connectivity index (χ4v) is 3.12. The van der Waals surface area contributed by atoms with Gasteiger partial charge in [0, 0.05) is 12.2 Å². The van der Waals surface area contributed by atoms with Gasteiger partial charge in [0.25, 0.3) is 0 Å². The summed E-state index contributed by atoms with van der Waals surface area (Å²) < 4.78 is 5.35. The average Bonchev–Trinajstić information content (AvgIpc) is 2.55. The Morgan fingerprint density at radius 2 is 1.95 bits per heavy atom. The molecule has 0 aromatic heterocycles. The molecule has 1 aliphatic carbocycles. The highest BCUT2D eigenvalue weighted by Crippen LogP contribution is 2.33. The molecule has 2 aromatic rings. The van der Waals surface area contributed by atoms with Gasteiger partial charge in [-0.1, -0.05) is 24.3 Å². The molecule has 0 amide bonds. The van der Waals surface area contributed by atoms with Crippen LogP contribution in [-0.4, -0.2) is 19.2 Å². The van der Waals surface area contributed by atoms with E-state index in [4.69, 9.17) is 10.5 Å². The highest BCUT2D eigenvalue weighted by atomic mass is 16.5. The number of rotatable bonds is 4. The summed E-state index contributed by atoms with van der Waals surface area (Å²) in [6, 6.07) is 16.7. The fourth-order valence-electron chi connectivity index (χ4n) is 3.12. The Morgan fingerprint density at radius 3 is 2.67 bits per heavy atom. The van der Waals surface area contributed by atoms with Crippen LogP contribution < -0.4 is 15.8 Å². The van der Waals surface area contributed by atoms with Crippen LogP contribution in [0.15, 0.2) is 48.5 Å². The van der Waals surface area contributed by atoms with Gasteiger partial charge >= 0.3 is 0 Å². The van der Waals surface area contributed by atoms with Crippen molar-refractivity contribution in [2.24, 2.45) is 5.73 Å². The molecule has 3 N–H and O–H groups in total. The van der Waals surface area contributed by atoms with E-state index >= 15 is 0 Å². The zero-order chi connectivity index (χ0) is 14.7. The summed E-state index contributed by atoms with van der Waals surface area (Å²) in [6.45, 7) is 0.624. The second-order valence-electron chi connectivity index (χ2n) is 5.79. The Bertz CT molecular complexity index is 612. The van der Waals surface area contributed by atoms with Gasteiger partial charge in [0.2, 0.25) is 0 Å². The van der Waals surface area contributed by atoms with Gasteiger partial charge in [-0.3, -0.25) is 0 Å². The van der Waals surface area contributed by atoms with E-state index in [2.05, 4.69) is 29.6 Å². The summed E-state index contributed by atoms with van der Waals surface area (Å²) in [5.74, 6) is 0.918. The van der Waals surface area contributed by atoms with E-state index in [-0.39, 0.29) is 5.54 Å². The van der Waals surface area contributed by atoms with E-state index in [1.807, 2.05) is 24.3 Å². The highest BCUT2D eigenvalue weighted by molar-refractivity contribution is 5.48. The summed E-state index contributed by atoms with van der Waals surface area (Å²) >= 11 is 0. The predicted molar refractivity (Wildman–Crippen MR) is 86.9 cm³/mol. The van der Waals surface area contributed by atoms with E-state index in [1.54, 1.807) is 7.11 Å². The Hall–Kier alpha value is -2.00. The van der Waals surface area contributed by atoms with Crippen molar-refractivity contribution in [2.75, 3.05) is 19.0 Å². The van der Waals surface area contributed by atoms with Gasteiger partial charge in [-0.15, -0.1) is 0 Å². The average molecular weight is 282 g/mol. The van der Waals surface area contributed by atoms with Crippen molar-refractivity contribution in [3.63, 3.8) is 0 Å². The Balaban J connectivity index is 1.87. The Kier molecular flexibility index (Phi) is 3.84. The lowest BCUT2D eigenvalue weighted by Crippen LogP contribution is -2.49. The molecule has 0 bridgehead atoms. The number of nitrogens with one attached hydrogen (secondary N) is 1. The number of anilines is 1. The van der Waals surface area contributed by atoms with Gasteiger partial charge < -0.3 is 15.8 Å². The number of hydrogen-bond acceptors (Lipinski definition) is 3. The first-order valence-electron chi connectivity index (χ1n) is 7.44. The number of aryl methyl sites for hydroxylation is 1. The third-order valence-corrected chi connectivity index (χ3v) is 4.39. The molecule has 1 unspecified atom stereocenters. The van der Waals surface area contributed by atoms with E-state index in [9.17, 15) is 0 Å². The van der Waals surface area contributed by atoms with Gasteiger partial charge in [0.15, 0.2) is 0 Å². The third kappa shape index (κ3) is 2.88. The number of benzene rings is 2. The van der Waals surface area contributed by atoms with Crippen LogP contribution in [0, 0.1) is 0 Å². The summed E-state index contributed by atoms with van der Waals surface area (Å²) in [7, 11) is 1.71. The molecule has 3 rings (SSSR count). The van der Waals surface area contributed by atoms with E-state index in [0.29, 0.717) is 6.54 Å². The van der Waals surface area contributed by atoms with E-state index in [0.717, 1.165) is 30.7 Å². The van der Waals surface area contributed by atoms with Crippen molar-refractivity contribution < 1.29 is 4.74 Å². The summed E-state index contributed by atoms with van der Waals surface area (Å²) in [5.41, 5.74) is 9.94. The maximum Gasteiger partial charge on any atom is 0.119 e. The molecule has 0 saturated heterocycles. The largest absolute Gasteiger partial charge is 0.497 e. The first-order valence-corrected chi connectivity index (χ1v) is 7.44. The van der Waals surface area contributed by atoms with Crippen LogP contribution in [0.25, 0.3) is 0 Å². The first kappa shape index (κ1) is 14.0. The van der Waals surface area contributed by atoms with Crippen molar-refractivity contribution in [1.82, 2.24) is 0 Å². The molecule has 1 aliphatic rings. The van der Waals surface area contributed by atoms with Gasteiger partial charge in [0.05, 0.1) is 12.6 Å². The minimum absolute atomic E-state index is 0.0687. The predicted octanol–water partition coefficient (Wildman–Crippen LogP) is 2.99. The molecule has 0 aliphatic heterocycles. The zero-order valence-electron chi connectivity index (χ0n) is 12.4. The van der Waals surface area contributed by atoms with E-state index < -0.39 is 0 Å². The summed E-state index contributed by atoms with van der Waals surface area (Å²) in [5, 5.41) is 3.66. The fraction of sp³-hybridized carbons (Fsp3) is 0.333. The maximum absolute atomic E-state index is 6.12. The lowest BCUT2D eigenvalue weighted by molar-refractivity contribution is 0.402. The molecule has 0 saturated carbocycles. The number of methoxy groups -OCH3 is 1. The molecule has 3 heteroatoms. The quantitative estimate of drug-likeness (QED) is 0.906. The second kappa shape index (κ2) is 5.78. The van der Waals surface area contributed by atoms with Crippen molar-refractivity contribution >= 4 is 5.69 Å². The first-order chi connectivity index (χ1) is 10.2. The molecule has 110 valence electrons. The standard InChI is InChI=1S/C18H22N2O/c1-21-17-8-7-14-9-10-18(13-19,12-15(14)11-17)20-16-5-3-2-4-6-16/h2-8,11,20H,9-10,12-13,19H2,1H3. The monoisotopic (exact) mass is 282 g/mol. The number of nitrogens with two attached hydrogens (primary N) is 1. The SMILES string of the molecule is COc1ccc2c(c1)CC(CN)(Nc1ccccc1)CC2. The third-order valence-electron chi connectivity index (χ3n) is 4.39. The molecule has 2 aromatic carbocycles. The van der Waals surface area contributed by atoms with Crippen molar-refractivity contribution in [3.8, 4) is 5.75 Å². The molecular weight excluding hydrogens is 260 g/mol. The number of hydrogen-bond donors (Lipinski definition) is 2. The molecule has 0 fully saturated rings. The minimum Gasteiger partial charge on any atom is -0.497 e. The van der Waals surface area contributed by atoms with Crippen LogP contribution in [0.4, 0.5) is 5.69 Å². The van der Waals surface area contributed by atoms with Crippen LogP contribution in [0.5, 0.6) is 5.75 Å². The highest BCUT2D eigenvalue weighted by Gasteiger charge is 2.33. The Morgan fingerprint density at radius 1 is 1.14 bits per heavy atom. The van der Waals surface area contributed by atoms with E-state index in [1.165, 1.54) is 11.1 Å². The number of ether oxygens (including phenoxy) is 1. The van der Waals surface area contributed by atoms with Crippen LogP contribution in [0.3, 0.4) is 0 Å². The van der Waals surface area contributed by atoms with Crippen molar-refractivity contribution in [2.45, 2.75) is 24.8 Å². The van der Waals surface area contributed by atoms with Crippen LogP contribution in [-0.2, 0) is 12.8 Å². The molecule has 3 nitrogen and oxygen atoms in total. The molecule has 0 radical (unpaired) electrons. The lowest BCUT2D eigenvalue weighted by atomic mass is 9.77. The van der Waals surface area contributed by atoms with Crippen molar-refractivity contribution in [1.29, 1.82) is 0 Å². The minimum atomic E-state index is -0.0687.